The van der Waals surface area contributed by atoms with Gasteiger partial charge in [-0.15, -0.1) is 0 Å². The highest BCUT2D eigenvalue weighted by molar-refractivity contribution is 5.79. The van der Waals surface area contributed by atoms with Gasteiger partial charge in [0.05, 0.1) is 6.42 Å². The van der Waals surface area contributed by atoms with Gasteiger partial charge >= 0.3 is 11.3 Å². The summed E-state index contributed by atoms with van der Waals surface area (Å²) >= 11 is 0. The molecule has 26 heavy (non-hydrogen) atoms. The number of amides is 1. The van der Waals surface area contributed by atoms with Crippen LogP contribution in [0.5, 0.6) is 0 Å². The van der Waals surface area contributed by atoms with E-state index >= 15 is 0 Å². The first-order chi connectivity index (χ1) is 12.7. The van der Waals surface area contributed by atoms with Crippen molar-refractivity contribution >= 4 is 5.91 Å². The number of hydrogen-bond acceptors (Lipinski definition) is 3. The largest absolute Gasteiger partial charge is 0.432 e. The highest BCUT2D eigenvalue weighted by atomic mass is 16.5. The molecule has 0 aliphatic heterocycles. The summed E-state index contributed by atoms with van der Waals surface area (Å²) in [5, 5.41) is 2.63. The average Bonchev–Trinajstić information content (AvgIpc) is 3.44. The second kappa shape index (κ2) is 7.00. The molecule has 0 bridgehead atoms. The fraction of sp³-hybridized carbons (Fsp3) is 0.250. The fourth-order valence-corrected chi connectivity index (χ4v) is 3.05. The molecule has 1 aliphatic rings. The van der Waals surface area contributed by atoms with Gasteiger partial charge in [-0.2, -0.15) is 0 Å². The Morgan fingerprint density at radius 1 is 1.08 bits per heavy atom. The van der Waals surface area contributed by atoms with Crippen LogP contribution in [0.3, 0.4) is 0 Å². The maximum Gasteiger partial charge on any atom is 0.432 e. The molecule has 1 fully saturated rings. The van der Waals surface area contributed by atoms with Crippen molar-refractivity contribution in [3.05, 3.63) is 82.3 Å². The normalized spacial score (nSPS) is 13.5. The highest BCUT2D eigenvalue weighted by Crippen LogP contribution is 2.28. The number of H-pyrrole nitrogens is 1. The number of nitrogens with zero attached hydrogens (tertiary/aromatic N) is 2. The summed E-state index contributed by atoms with van der Waals surface area (Å²) in [6.45, 7) is 0.233. The molecule has 0 spiro atoms. The minimum Gasteiger partial charge on any atom is -0.329 e. The molecule has 0 atom stereocenters. The van der Waals surface area contributed by atoms with E-state index in [4.69, 9.17) is 4.52 Å². The maximum atomic E-state index is 12.9. The van der Waals surface area contributed by atoms with Crippen molar-refractivity contribution in [3.8, 4) is 5.69 Å². The van der Waals surface area contributed by atoms with Crippen LogP contribution in [0, 0.1) is 0 Å². The van der Waals surface area contributed by atoms with E-state index in [1.165, 1.54) is 0 Å². The number of carbonyl (C=O) groups is 1. The molecular formula is C20H20N3O3+. The average molecular weight is 350 g/mol. The molecule has 0 saturated heterocycles. The molecule has 1 amide bonds. The van der Waals surface area contributed by atoms with E-state index in [1.54, 1.807) is 9.58 Å². The SMILES string of the molecule is O=C(Cc1ccccc1)N(Cc1c(=O)o[nH][n+]1-c1ccccc1)C1CC1. The minimum atomic E-state index is -0.452. The molecule has 132 valence electrons. The molecule has 1 saturated carbocycles. The maximum absolute atomic E-state index is 12.9. The van der Waals surface area contributed by atoms with Crippen molar-refractivity contribution in [3.63, 3.8) is 0 Å². The van der Waals surface area contributed by atoms with Crippen LogP contribution >= 0.6 is 0 Å². The third-order valence-corrected chi connectivity index (χ3v) is 4.58. The van der Waals surface area contributed by atoms with Crippen molar-refractivity contribution in [2.24, 2.45) is 0 Å². The van der Waals surface area contributed by atoms with Crippen LogP contribution in [0.4, 0.5) is 0 Å². The van der Waals surface area contributed by atoms with Crippen LogP contribution in [0.25, 0.3) is 5.69 Å². The number of aromatic nitrogens is 2. The molecule has 1 aromatic heterocycles. The Labute approximate surface area is 150 Å². The van der Waals surface area contributed by atoms with Crippen LogP contribution in [0.2, 0.25) is 0 Å². The van der Waals surface area contributed by atoms with Gasteiger partial charge < -0.3 is 4.90 Å². The molecule has 6 nitrogen and oxygen atoms in total. The van der Waals surface area contributed by atoms with E-state index in [9.17, 15) is 9.59 Å². The Morgan fingerprint density at radius 3 is 2.38 bits per heavy atom. The molecule has 1 heterocycles. The predicted octanol–water partition coefficient (Wildman–Crippen LogP) is 1.98. The van der Waals surface area contributed by atoms with Crippen LogP contribution < -0.4 is 10.3 Å². The molecule has 2 aromatic carbocycles. The molecule has 3 aromatic rings. The van der Waals surface area contributed by atoms with E-state index in [-0.39, 0.29) is 18.5 Å². The number of rotatable bonds is 6. The van der Waals surface area contributed by atoms with Gasteiger partial charge in [-0.3, -0.25) is 9.32 Å². The molecule has 1 aliphatic carbocycles. The van der Waals surface area contributed by atoms with Gasteiger partial charge in [0.15, 0.2) is 0 Å². The topological polar surface area (TPSA) is 70.2 Å². The fourth-order valence-electron chi connectivity index (χ4n) is 3.05. The van der Waals surface area contributed by atoms with Crippen molar-refractivity contribution < 1.29 is 14.0 Å². The number of para-hydroxylation sites is 1. The molecule has 6 heteroatoms. The summed E-state index contributed by atoms with van der Waals surface area (Å²) in [6, 6.07) is 19.3. The number of aromatic amines is 1. The van der Waals surface area contributed by atoms with Gasteiger partial charge in [-0.25, -0.2) is 4.79 Å². The van der Waals surface area contributed by atoms with E-state index in [0.29, 0.717) is 12.1 Å². The van der Waals surface area contributed by atoms with Gasteiger partial charge in [0, 0.05) is 18.2 Å². The minimum absolute atomic E-state index is 0.0268. The summed E-state index contributed by atoms with van der Waals surface area (Å²) in [5.41, 5.74) is 1.73. The standard InChI is InChI=1S/C20H19N3O3/c24-19(13-15-7-3-1-4-8-15)22(16-11-12-16)14-18-20(25)26-21-23(18)17-9-5-2-6-10-17/h1-10,16H,11-14H2/p+1. The Bertz CT molecular complexity index is 943. The number of nitrogens with one attached hydrogen (secondary N) is 1. The molecule has 4 rings (SSSR count). The van der Waals surface area contributed by atoms with Gasteiger partial charge in [-0.05, 0) is 28.4 Å². The molecule has 0 unspecified atom stereocenters. The number of benzene rings is 2. The van der Waals surface area contributed by atoms with E-state index in [2.05, 4.69) is 5.27 Å². The van der Waals surface area contributed by atoms with E-state index < -0.39 is 5.63 Å². The first-order valence-corrected chi connectivity index (χ1v) is 8.73. The Balaban J connectivity index is 1.59. The predicted molar refractivity (Wildman–Crippen MR) is 94.6 cm³/mol. The van der Waals surface area contributed by atoms with Gasteiger partial charge in [-0.1, -0.05) is 48.5 Å². The monoisotopic (exact) mass is 350 g/mol. The lowest BCUT2D eigenvalue weighted by atomic mass is 10.1. The van der Waals surface area contributed by atoms with E-state index in [0.717, 1.165) is 24.1 Å². The zero-order valence-corrected chi connectivity index (χ0v) is 14.3. The van der Waals surface area contributed by atoms with Crippen molar-refractivity contribution in [2.75, 3.05) is 0 Å². The Hall–Kier alpha value is -3.15. The number of hydrogen-bond donors (Lipinski definition) is 1. The molecular weight excluding hydrogens is 330 g/mol. The summed E-state index contributed by atoms with van der Waals surface area (Å²) in [7, 11) is 0. The van der Waals surface area contributed by atoms with Crippen molar-refractivity contribution in [1.29, 1.82) is 0 Å². The Kier molecular flexibility index (Phi) is 4.39. The quantitative estimate of drug-likeness (QED) is 0.691. The lowest BCUT2D eigenvalue weighted by Gasteiger charge is -2.20. The summed E-state index contributed by atoms with van der Waals surface area (Å²) in [5.74, 6) is 0.0268. The molecule has 1 N–H and O–H groups in total. The zero-order chi connectivity index (χ0) is 17.9. The Morgan fingerprint density at radius 2 is 1.73 bits per heavy atom. The van der Waals surface area contributed by atoms with Crippen molar-refractivity contribution in [2.45, 2.75) is 31.8 Å². The molecule has 0 radical (unpaired) electrons. The first kappa shape index (κ1) is 16.3. The zero-order valence-electron chi connectivity index (χ0n) is 14.3. The first-order valence-electron chi connectivity index (χ1n) is 8.73. The van der Waals surface area contributed by atoms with Crippen molar-refractivity contribution in [1.82, 2.24) is 10.2 Å². The second-order valence-corrected chi connectivity index (χ2v) is 6.51. The van der Waals surface area contributed by atoms with Gasteiger partial charge in [0.2, 0.25) is 11.6 Å². The van der Waals surface area contributed by atoms with Gasteiger partial charge in [0.25, 0.3) is 0 Å². The lowest BCUT2D eigenvalue weighted by molar-refractivity contribution is -0.678. The van der Waals surface area contributed by atoms with Crippen LogP contribution in [-0.4, -0.2) is 22.1 Å². The van der Waals surface area contributed by atoms with Gasteiger partial charge in [0.1, 0.15) is 6.54 Å². The second-order valence-electron chi connectivity index (χ2n) is 6.51. The van der Waals surface area contributed by atoms with E-state index in [1.807, 2.05) is 60.7 Å². The summed E-state index contributed by atoms with van der Waals surface area (Å²) < 4.78 is 6.60. The highest BCUT2D eigenvalue weighted by Gasteiger charge is 2.36. The third kappa shape index (κ3) is 3.44. The van der Waals surface area contributed by atoms with Crippen LogP contribution in [-0.2, 0) is 17.8 Å². The lowest BCUT2D eigenvalue weighted by Crippen LogP contribution is -2.44. The number of carbonyl (C=O) groups excluding carboxylic acids is 1. The van der Waals surface area contributed by atoms with Crippen LogP contribution in [0.1, 0.15) is 24.1 Å². The smallest absolute Gasteiger partial charge is 0.329 e. The summed E-state index contributed by atoms with van der Waals surface area (Å²) in [6.07, 6.45) is 2.28. The van der Waals surface area contributed by atoms with Crippen LogP contribution in [0.15, 0.2) is 70.0 Å². The third-order valence-electron chi connectivity index (χ3n) is 4.58. The summed E-state index contributed by atoms with van der Waals surface area (Å²) in [4.78, 5) is 26.9.